The van der Waals surface area contributed by atoms with Crippen LogP contribution in [0.3, 0.4) is 0 Å². The van der Waals surface area contributed by atoms with Crippen LogP contribution in [0.15, 0.2) is 41.6 Å². The van der Waals surface area contributed by atoms with Crippen molar-refractivity contribution < 1.29 is 13.5 Å². The summed E-state index contributed by atoms with van der Waals surface area (Å²) in [4.78, 5) is 7.03. The quantitative estimate of drug-likeness (QED) is 0.870. The highest BCUT2D eigenvalue weighted by molar-refractivity contribution is 7.89. The molecule has 0 aliphatic rings. The molecule has 0 amide bonds. The van der Waals surface area contributed by atoms with Gasteiger partial charge in [-0.15, -0.1) is 0 Å². The highest BCUT2D eigenvalue weighted by atomic mass is 32.2. The maximum Gasteiger partial charge on any atom is 0.243 e. The van der Waals surface area contributed by atoms with Crippen LogP contribution in [-0.4, -0.2) is 34.8 Å². The molecule has 2 aromatic rings. The van der Waals surface area contributed by atoms with Gasteiger partial charge in [-0.25, -0.2) is 13.4 Å². The van der Waals surface area contributed by atoms with Gasteiger partial charge in [0.05, 0.1) is 17.5 Å². The Bertz CT molecular complexity index is 666. The number of nitrogens with zero attached hydrogens (tertiary/aromatic N) is 2. The van der Waals surface area contributed by atoms with Crippen molar-refractivity contribution in [2.45, 2.75) is 24.5 Å². The largest absolute Gasteiger partial charge is 0.389 e. The van der Waals surface area contributed by atoms with E-state index in [2.05, 4.69) is 9.97 Å². The van der Waals surface area contributed by atoms with E-state index in [1.165, 1.54) is 23.5 Å². The van der Waals surface area contributed by atoms with Crippen molar-refractivity contribution in [3.05, 3.63) is 48.0 Å². The number of sulfonamides is 1. The Hall–Kier alpha value is -1.70. The minimum absolute atomic E-state index is 0.157. The summed E-state index contributed by atoms with van der Waals surface area (Å²) >= 11 is 0. The van der Waals surface area contributed by atoms with Crippen molar-refractivity contribution in [3.63, 3.8) is 0 Å². The lowest BCUT2D eigenvalue weighted by Gasteiger charge is -2.17. The first kappa shape index (κ1) is 14.7. The number of benzene rings is 1. The Morgan fingerprint density at radius 2 is 2.20 bits per heavy atom. The summed E-state index contributed by atoms with van der Waals surface area (Å²) in [6, 6.07) is 6.31. The molecular formula is C13H17N3O3S. The fourth-order valence-electron chi connectivity index (χ4n) is 1.80. The lowest BCUT2D eigenvalue weighted by atomic mass is 10.1. The van der Waals surface area contributed by atoms with Gasteiger partial charge in [-0.3, -0.25) is 0 Å². The summed E-state index contributed by atoms with van der Waals surface area (Å²) in [5.41, 5.74) is 0.567. The lowest BCUT2D eigenvalue weighted by molar-refractivity contribution is 0.199. The number of imidazole rings is 1. The van der Waals surface area contributed by atoms with Crippen molar-refractivity contribution >= 4 is 10.0 Å². The van der Waals surface area contributed by atoms with E-state index in [0.717, 1.165) is 0 Å². The summed E-state index contributed by atoms with van der Waals surface area (Å²) in [5, 5.41) is 9.54. The zero-order chi connectivity index (χ0) is 14.8. The number of hydrogen-bond donors (Lipinski definition) is 2. The summed E-state index contributed by atoms with van der Waals surface area (Å²) in [6.07, 6.45) is 2.51. The van der Waals surface area contributed by atoms with Crippen LogP contribution >= 0.6 is 0 Å². The predicted molar refractivity (Wildman–Crippen MR) is 74.3 cm³/mol. The van der Waals surface area contributed by atoms with Gasteiger partial charge in [-0.05, 0) is 24.6 Å². The fourth-order valence-corrected chi connectivity index (χ4v) is 2.98. The number of aromatic nitrogens is 2. The van der Waals surface area contributed by atoms with Gasteiger partial charge in [0.1, 0.15) is 5.82 Å². The van der Waals surface area contributed by atoms with Crippen LogP contribution in [0, 0.1) is 0 Å². The number of rotatable bonds is 5. The minimum atomic E-state index is -3.61. The third kappa shape index (κ3) is 3.06. The van der Waals surface area contributed by atoms with E-state index in [-0.39, 0.29) is 11.4 Å². The average Bonchev–Trinajstić information content (AvgIpc) is 2.91. The third-order valence-electron chi connectivity index (χ3n) is 2.98. The van der Waals surface area contributed by atoms with Gasteiger partial charge < -0.3 is 10.1 Å². The summed E-state index contributed by atoms with van der Waals surface area (Å²) in [5.74, 6) is 0.572. The first-order valence-electron chi connectivity index (χ1n) is 6.14. The first-order chi connectivity index (χ1) is 9.41. The van der Waals surface area contributed by atoms with Crippen LogP contribution in [0.5, 0.6) is 0 Å². The van der Waals surface area contributed by atoms with Gasteiger partial charge in [-0.2, -0.15) is 4.31 Å². The highest BCUT2D eigenvalue weighted by Crippen LogP contribution is 2.20. The van der Waals surface area contributed by atoms with Gasteiger partial charge >= 0.3 is 0 Å². The maximum absolute atomic E-state index is 12.4. The number of aliphatic hydroxyl groups is 1. The lowest BCUT2D eigenvalue weighted by Crippen LogP contribution is -2.27. The number of hydrogen-bond acceptors (Lipinski definition) is 4. The standard InChI is InChI=1S/C13H17N3O3S/c1-10(17)11-4-3-5-12(8-11)20(18,19)16(2)9-13-14-6-7-15-13/h3-8,10,17H,9H2,1-2H3,(H,14,15). The molecule has 2 N–H and O–H groups in total. The normalized spacial score (nSPS) is 13.6. The monoisotopic (exact) mass is 295 g/mol. The van der Waals surface area contributed by atoms with Crippen LogP contribution in [0.1, 0.15) is 24.4 Å². The molecule has 1 aromatic carbocycles. The molecule has 0 saturated heterocycles. The molecule has 108 valence electrons. The maximum atomic E-state index is 12.4. The number of aromatic amines is 1. The van der Waals surface area contributed by atoms with E-state index in [9.17, 15) is 13.5 Å². The van der Waals surface area contributed by atoms with Crippen LogP contribution < -0.4 is 0 Å². The van der Waals surface area contributed by atoms with E-state index in [1.54, 1.807) is 31.5 Å². The van der Waals surface area contributed by atoms with Crippen molar-refractivity contribution in [1.82, 2.24) is 14.3 Å². The van der Waals surface area contributed by atoms with Crippen molar-refractivity contribution in [3.8, 4) is 0 Å². The zero-order valence-electron chi connectivity index (χ0n) is 11.3. The van der Waals surface area contributed by atoms with E-state index >= 15 is 0 Å². The molecule has 2 rings (SSSR count). The third-order valence-corrected chi connectivity index (χ3v) is 4.78. The second-order valence-corrected chi connectivity index (χ2v) is 6.59. The van der Waals surface area contributed by atoms with Crippen LogP contribution in [0.25, 0.3) is 0 Å². The van der Waals surface area contributed by atoms with Gasteiger partial charge in [0.2, 0.25) is 10.0 Å². The Morgan fingerprint density at radius 1 is 1.45 bits per heavy atom. The Kier molecular flexibility index (Phi) is 4.22. The Labute approximate surface area is 118 Å². The van der Waals surface area contributed by atoms with Gasteiger partial charge in [0.25, 0.3) is 0 Å². The zero-order valence-corrected chi connectivity index (χ0v) is 12.1. The number of aliphatic hydroxyl groups excluding tert-OH is 1. The predicted octanol–water partition coefficient (Wildman–Crippen LogP) is 1.28. The molecule has 6 nitrogen and oxygen atoms in total. The second kappa shape index (κ2) is 5.74. The summed E-state index contributed by atoms with van der Waals surface area (Å²) in [6.45, 7) is 1.76. The molecule has 1 heterocycles. The Balaban J connectivity index is 2.27. The molecule has 1 unspecified atom stereocenters. The Morgan fingerprint density at radius 3 is 2.80 bits per heavy atom. The first-order valence-corrected chi connectivity index (χ1v) is 7.58. The molecule has 20 heavy (non-hydrogen) atoms. The molecule has 0 aliphatic heterocycles. The molecule has 1 aromatic heterocycles. The molecule has 0 spiro atoms. The fraction of sp³-hybridized carbons (Fsp3) is 0.308. The van der Waals surface area contributed by atoms with Gasteiger partial charge in [0.15, 0.2) is 0 Å². The number of H-pyrrole nitrogens is 1. The summed E-state index contributed by atoms with van der Waals surface area (Å²) in [7, 11) is -2.12. The molecule has 0 saturated carbocycles. The van der Waals surface area contributed by atoms with Gasteiger partial charge in [-0.1, -0.05) is 12.1 Å². The molecule has 0 radical (unpaired) electrons. The molecule has 0 fully saturated rings. The highest BCUT2D eigenvalue weighted by Gasteiger charge is 2.22. The molecule has 1 atom stereocenters. The molecule has 0 bridgehead atoms. The van der Waals surface area contributed by atoms with Crippen LogP contribution in [0.4, 0.5) is 0 Å². The van der Waals surface area contributed by atoms with Crippen molar-refractivity contribution in [2.24, 2.45) is 0 Å². The van der Waals surface area contributed by atoms with Crippen LogP contribution in [-0.2, 0) is 16.6 Å². The average molecular weight is 295 g/mol. The second-order valence-electron chi connectivity index (χ2n) is 4.55. The number of nitrogens with one attached hydrogen (secondary N) is 1. The molecule has 0 aliphatic carbocycles. The molecule has 7 heteroatoms. The van der Waals surface area contributed by atoms with Gasteiger partial charge in [0, 0.05) is 19.4 Å². The minimum Gasteiger partial charge on any atom is -0.389 e. The van der Waals surface area contributed by atoms with E-state index < -0.39 is 16.1 Å². The topological polar surface area (TPSA) is 86.3 Å². The van der Waals surface area contributed by atoms with Crippen LogP contribution in [0.2, 0.25) is 0 Å². The smallest absolute Gasteiger partial charge is 0.243 e. The van der Waals surface area contributed by atoms with E-state index in [0.29, 0.717) is 11.4 Å². The summed E-state index contributed by atoms with van der Waals surface area (Å²) < 4.78 is 26.1. The van der Waals surface area contributed by atoms with E-state index in [1.807, 2.05) is 0 Å². The SMILES string of the molecule is CC(O)c1cccc(S(=O)(=O)N(C)Cc2ncc[nH]2)c1. The van der Waals surface area contributed by atoms with Crippen molar-refractivity contribution in [2.75, 3.05) is 7.05 Å². The molecular weight excluding hydrogens is 278 g/mol. The van der Waals surface area contributed by atoms with E-state index in [4.69, 9.17) is 0 Å². The van der Waals surface area contributed by atoms with Crippen molar-refractivity contribution in [1.29, 1.82) is 0 Å².